The number of halogens is 1. The van der Waals surface area contributed by atoms with Crippen LogP contribution in [0.2, 0.25) is 0 Å². The van der Waals surface area contributed by atoms with Gasteiger partial charge in [-0.25, -0.2) is 19.3 Å². The van der Waals surface area contributed by atoms with Gasteiger partial charge in [-0.2, -0.15) is 0 Å². The van der Waals surface area contributed by atoms with E-state index in [0.29, 0.717) is 24.7 Å². The summed E-state index contributed by atoms with van der Waals surface area (Å²) in [4.78, 5) is 29.2. The van der Waals surface area contributed by atoms with Crippen molar-refractivity contribution in [3.63, 3.8) is 0 Å². The van der Waals surface area contributed by atoms with Crippen LogP contribution in [0.1, 0.15) is 40.8 Å². The molecule has 1 fully saturated rings. The average Bonchev–Trinajstić information content (AvgIpc) is 3.39. The van der Waals surface area contributed by atoms with Crippen molar-refractivity contribution < 1.29 is 9.18 Å². The number of nitrogens with zero attached hydrogens (tertiary/aromatic N) is 4. The van der Waals surface area contributed by atoms with Gasteiger partial charge >= 0.3 is 0 Å². The van der Waals surface area contributed by atoms with E-state index >= 15 is 0 Å². The third-order valence-corrected chi connectivity index (χ3v) is 6.31. The summed E-state index contributed by atoms with van der Waals surface area (Å²) in [6, 6.07) is 6.25. The quantitative estimate of drug-likeness (QED) is 0.637. The standard InChI is InChI=1S/C22H24FN5OS/c1-3-15-11-24-22(25-12-15)26-13-18-5-4-10-28(18)21(29)19-20(30-14(2)27-19)16-6-8-17(23)9-7-16/h6-9,11-12,18H,3-5,10,13H2,1-2H3,(H,24,25,26)/t18-/m0/s1. The molecule has 2 aromatic heterocycles. The first kappa shape index (κ1) is 20.4. The van der Waals surface area contributed by atoms with Gasteiger partial charge in [0, 0.05) is 31.5 Å². The first-order chi connectivity index (χ1) is 14.5. The molecule has 0 unspecified atom stereocenters. The molecule has 30 heavy (non-hydrogen) atoms. The highest BCUT2D eigenvalue weighted by Crippen LogP contribution is 2.32. The number of rotatable bonds is 6. The van der Waals surface area contributed by atoms with Crippen LogP contribution in [0, 0.1) is 12.7 Å². The molecular formula is C22H24FN5OS. The molecule has 0 radical (unpaired) electrons. The van der Waals surface area contributed by atoms with Crippen LogP contribution in [0.25, 0.3) is 10.4 Å². The predicted octanol–water partition coefficient (Wildman–Crippen LogP) is 4.33. The molecule has 1 aliphatic heterocycles. The van der Waals surface area contributed by atoms with Gasteiger partial charge in [0.2, 0.25) is 5.95 Å². The Hall–Kier alpha value is -2.87. The van der Waals surface area contributed by atoms with Crippen molar-refractivity contribution in [1.82, 2.24) is 19.9 Å². The molecule has 1 aromatic carbocycles. The van der Waals surface area contributed by atoms with Crippen molar-refractivity contribution in [2.24, 2.45) is 0 Å². The summed E-state index contributed by atoms with van der Waals surface area (Å²) < 4.78 is 13.3. The lowest BCUT2D eigenvalue weighted by Crippen LogP contribution is -2.40. The van der Waals surface area contributed by atoms with Gasteiger partial charge in [-0.3, -0.25) is 4.79 Å². The smallest absolute Gasteiger partial charge is 0.274 e. The summed E-state index contributed by atoms with van der Waals surface area (Å²) in [6.07, 6.45) is 6.40. The van der Waals surface area contributed by atoms with Gasteiger partial charge in [0.1, 0.15) is 11.5 Å². The summed E-state index contributed by atoms with van der Waals surface area (Å²) in [5, 5.41) is 4.07. The van der Waals surface area contributed by atoms with Gasteiger partial charge < -0.3 is 10.2 Å². The molecule has 6 nitrogen and oxygen atoms in total. The number of amides is 1. The second kappa shape index (κ2) is 8.87. The highest BCUT2D eigenvalue weighted by Gasteiger charge is 2.32. The summed E-state index contributed by atoms with van der Waals surface area (Å²) in [7, 11) is 0. The Bertz CT molecular complexity index is 1020. The van der Waals surface area contributed by atoms with Crippen molar-refractivity contribution in [1.29, 1.82) is 0 Å². The number of anilines is 1. The molecule has 0 saturated carbocycles. The maximum Gasteiger partial charge on any atom is 0.274 e. The molecule has 1 amide bonds. The van der Waals surface area contributed by atoms with E-state index in [1.54, 1.807) is 12.1 Å². The number of aryl methyl sites for hydroxylation is 2. The number of likely N-dealkylation sites (tertiary alicyclic amines) is 1. The lowest BCUT2D eigenvalue weighted by Gasteiger charge is -2.24. The first-order valence-electron chi connectivity index (χ1n) is 10.1. The normalized spacial score (nSPS) is 16.1. The van der Waals surface area contributed by atoms with Gasteiger partial charge in [-0.15, -0.1) is 11.3 Å². The molecule has 1 atom stereocenters. The summed E-state index contributed by atoms with van der Waals surface area (Å²) in [5.74, 6) is 0.195. The zero-order valence-corrected chi connectivity index (χ0v) is 17.9. The molecule has 3 aromatic rings. The molecule has 8 heteroatoms. The van der Waals surface area contributed by atoms with Crippen LogP contribution in [0.5, 0.6) is 0 Å². The Kier molecular flexibility index (Phi) is 6.03. The number of carbonyl (C=O) groups is 1. The minimum Gasteiger partial charge on any atom is -0.352 e. The number of hydrogen-bond acceptors (Lipinski definition) is 6. The highest BCUT2D eigenvalue weighted by molar-refractivity contribution is 7.15. The number of thiazole rings is 1. The van der Waals surface area contributed by atoms with Gasteiger partial charge in [0.25, 0.3) is 5.91 Å². The first-order valence-corrected chi connectivity index (χ1v) is 11.0. The highest BCUT2D eigenvalue weighted by atomic mass is 32.1. The second-order valence-electron chi connectivity index (χ2n) is 7.36. The van der Waals surface area contributed by atoms with E-state index in [2.05, 4.69) is 27.2 Å². The van der Waals surface area contributed by atoms with Crippen LogP contribution < -0.4 is 5.32 Å². The van der Waals surface area contributed by atoms with E-state index < -0.39 is 0 Å². The maximum atomic E-state index is 13.4. The third-order valence-electron chi connectivity index (χ3n) is 5.29. The minimum absolute atomic E-state index is 0.0509. The fourth-order valence-corrected chi connectivity index (χ4v) is 4.57. The zero-order valence-electron chi connectivity index (χ0n) is 17.1. The fourth-order valence-electron chi connectivity index (χ4n) is 3.66. The van der Waals surface area contributed by atoms with Crippen LogP contribution in [0.15, 0.2) is 36.7 Å². The lowest BCUT2D eigenvalue weighted by atomic mass is 10.1. The van der Waals surface area contributed by atoms with E-state index in [-0.39, 0.29) is 17.8 Å². The molecule has 0 spiro atoms. The summed E-state index contributed by atoms with van der Waals surface area (Å²) in [6.45, 7) is 5.23. The van der Waals surface area contributed by atoms with Gasteiger partial charge in [0.05, 0.1) is 9.88 Å². The van der Waals surface area contributed by atoms with Crippen LogP contribution >= 0.6 is 11.3 Å². The SMILES string of the molecule is CCc1cnc(NC[C@@H]2CCCN2C(=O)c2nc(C)sc2-c2ccc(F)cc2)nc1. The Morgan fingerprint density at radius 1 is 1.27 bits per heavy atom. The molecule has 0 aliphatic carbocycles. The number of carbonyl (C=O) groups excluding carboxylic acids is 1. The van der Waals surface area contributed by atoms with E-state index in [1.807, 2.05) is 24.2 Å². The van der Waals surface area contributed by atoms with Crippen molar-refractivity contribution >= 4 is 23.2 Å². The van der Waals surface area contributed by atoms with E-state index in [1.165, 1.54) is 23.5 Å². The topological polar surface area (TPSA) is 71.0 Å². The molecule has 4 rings (SSSR count). The summed E-state index contributed by atoms with van der Waals surface area (Å²) >= 11 is 1.46. The molecule has 0 bridgehead atoms. The van der Waals surface area contributed by atoms with Crippen molar-refractivity contribution in [3.05, 3.63) is 58.7 Å². The molecule has 1 aliphatic rings. The van der Waals surface area contributed by atoms with Crippen LogP contribution in [-0.2, 0) is 6.42 Å². The van der Waals surface area contributed by atoms with Crippen molar-refractivity contribution in [2.45, 2.75) is 39.2 Å². The average molecular weight is 426 g/mol. The number of hydrogen-bond donors (Lipinski definition) is 1. The van der Waals surface area contributed by atoms with Gasteiger partial charge in [-0.1, -0.05) is 19.1 Å². The lowest BCUT2D eigenvalue weighted by molar-refractivity contribution is 0.0739. The van der Waals surface area contributed by atoms with Crippen molar-refractivity contribution in [3.8, 4) is 10.4 Å². The van der Waals surface area contributed by atoms with E-state index in [0.717, 1.165) is 40.3 Å². The van der Waals surface area contributed by atoms with E-state index in [9.17, 15) is 9.18 Å². The maximum absolute atomic E-state index is 13.4. The molecule has 1 saturated heterocycles. The van der Waals surface area contributed by atoms with Crippen LogP contribution in [0.4, 0.5) is 10.3 Å². The number of aromatic nitrogens is 3. The second-order valence-corrected chi connectivity index (χ2v) is 8.56. The third kappa shape index (κ3) is 4.33. The number of nitrogens with one attached hydrogen (secondary N) is 1. The van der Waals surface area contributed by atoms with Gasteiger partial charge in [0.15, 0.2) is 0 Å². The fraction of sp³-hybridized carbons (Fsp3) is 0.364. The van der Waals surface area contributed by atoms with Crippen molar-refractivity contribution in [2.75, 3.05) is 18.4 Å². The monoisotopic (exact) mass is 425 g/mol. The Labute approximate surface area is 179 Å². The zero-order chi connectivity index (χ0) is 21.1. The van der Waals surface area contributed by atoms with E-state index in [4.69, 9.17) is 0 Å². The number of benzene rings is 1. The minimum atomic E-state index is -0.298. The molecule has 3 heterocycles. The van der Waals surface area contributed by atoms with Crippen LogP contribution in [-0.4, -0.2) is 44.9 Å². The van der Waals surface area contributed by atoms with Gasteiger partial charge in [-0.05, 0) is 49.4 Å². The Morgan fingerprint density at radius 3 is 2.70 bits per heavy atom. The molecule has 1 N–H and O–H groups in total. The molecule has 156 valence electrons. The Morgan fingerprint density at radius 2 is 2.00 bits per heavy atom. The molecular weight excluding hydrogens is 401 g/mol. The van der Waals surface area contributed by atoms with Crippen LogP contribution in [0.3, 0.4) is 0 Å². The predicted molar refractivity (Wildman–Crippen MR) is 116 cm³/mol. The Balaban J connectivity index is 1.50. The summed E-state index contributed by atoms with van der Waals surface area (Å²) in [5.41, 5.74) is 2.34. The largest absolute Gasteiger partial charge is 0.352 e.